The molecular weight excluding hydrogens is 290 g/mol. The Kier molecular flexibility index (Phi) is 4.76. The molecular formula is C15H15NO4S. The Balaban J connectivity index is 2.02. The molecule has 5 nitrogen and oxygen atoms in total. The van der Waals surface area contributed by atoms with E-state index in [1.807, 2.05) is 12.3 Å². The van der Waals surface area contributed by atoms with Gasteiger partial charge in [0.2, 0.25) is 0 Å². The first-order valence-corrected chi connectivity index (χ1v) is 7.42. The van der Waals surface area contributed by atoms with Crippen molar-refractivity contribution in [3.63, 3.8) is 0 Å². The van der Waals surface area contributed by atoms with E-state index in [2.05, 4.69) is 10.9 Å². The Labute approximate surface area is 126 Å². The van der Waals surface area contributed by atoms with Gasteiger partial charge in [-0.05, 0) is 36.8 Å². The van der Waals surface area contributed by atoms with E-state index in [-0.39, 0.29) is 18.9 Å². The van der Waals surface area contributed by atoms with Gasteiger partial charge >= 0.3 is 11.9 Å². The molecule has 1 heterocycles. The summed E-state index contributed by atoms with van der Waals surface area (Å²) in [5.74, 6) is 1.02. The number of allylic oxidation sites excluding steroid dienone is 1. The molecule has 110 valence electrons. The molecule has 0 spiro atoms. The molecule has 2 rings (SSSR count). The second kappa shape index (κ2) is 6.55. The predicted octanol–water partition coefficient (Wildman–Crippen LogP) is 2.47. The summed E-state index contributed by atoms with van der Waals surface area (Å²) >= 11 is 1.41. The molecule has 1 aromatic heterocycles. The third kappa shape index (κ3) is 3.70. The standard InChI is InChI=1S/C15H15NO4S/c1-3-13-16-11(8-21-13)10-4-5-12(9(10)2)20-15(19)7-6-14(17)18/h1,8,12H,4-7H2,2H3,(H,17,18). The minimum absolute atomic E-state index is 0.105. The van der Waals surface area contributed by atoms with E-state index in [0.29, 0.717) is 11.4 Å². The first kappa shape index (κ1) is 15.3. The maximum atomic E-state index is 11.6. The van der Waals surface area contributed by atoms with Gasteiger partial charge in [-0.25, -0.2) is 4.98 Å². The van der Waals surface area contributed by atoms with Gasteiger partial charge in [0.25, 0.3) is 0 Å². The van der Waals surface area contributed by atoms with Crippen LogP contribution in [-0.2, 0) is 14.3 Å². The molecule has 0 saturated carbocycles. The van der Waals surface area contributed by atoms with Gasteiger partial charge in [0, 0.05) is 5.38 Å². The van der Waals surface area contributed by atoms with E-state index in [1.54, 1.807) is 0 Å². The van der Waals surface area contributed by atoms with Gasteiger partial charge in [0.05, 0.1) is 18.5 Å². The fraction of sp³-hybridized carbons (Fsp3) is 0.400. The monoisotopic (exact) mass is 305 g/mol. The van der Waals surface area contributed by atoms with Crippen LogP contribution in [0.15, 0.2) is 11.0 Å². The maximum Gasteiger partial charge on any atom is 0.306 e. The number of carbonyl (C=O) groups is 2. The van der Waals surface area contributed by atoms with Gasteiger partial charge in [0.15, 0.2) is 5.01 Å². The first-order valence-electron chi connectivity index (χ1n) is 6.54. The maximum absolute atomic E-state index is 11.6. The van der Waals surface area contributed by atoms with E-state index >= 15 is 0 Å². The van der Waals surface area contributed by atoms with Gasteiger partial charge in [-0.2, -0.15) is 0 Å². The molecule has 0 fully saturated rings. The fourth-order valence-corrected chi connectivity index (χ4v) is 2.90. The zero-order valence-electron chi connectivity index (χ0n) is 11.6. The number of carboxylic acid groups (broad SMARTS) is 1. The van der Waals surface area contributed by atoms with Crippen molar-refractivity contribution in [1.82, 2.24) is 4.98 Å². The highest BCUT2D eigenvalue weighted by atomic mass is 32.1. The number of rotatable bonds is 5. The topological polar surface area (TPSA) is 76.5 Å². The molecule has 1 atom stereocenters. The summed E-state index contributed by atoms with van der Waals surface area (Å²) in [6, 6.07) is 0. The minimum atomic E-state index is -1.00. The van der Waals surface area contributed by atoms with Crippen LogP contribution in [-0.4, -0.2) is 28.1 Å². The van der Waals surface area contributed by atoms with Crippen molar-refractivity contribution < 1.29 is 19.4 Å². The smallest absolute Gasteiger partial charge is 0.306 e. The van der Waals surface area contributed by atoms with Crippen LogP contribution in [0.3, 0.4) is 0 Å². The summed E-state index contributed by atoms with van der Waals surface area (Å²) in [4.78, 5) is 26.4. The molecule has 21 heavy (non-hydrogen) atoms. The van der Waals surface area contributed by atoms with Crippen molar-refractivity contribution in [2.24, 2.45) is 0 Å². The zero-order chi connectivity index (χ0) is 15.4. The molecule has 1 N–H and O–H groups in total. The summed E-state index contributed by atoms with van der Waals surface area (Å²) in [7, 11) is 0. The number of hydrogen-bond donors (Lipinski definition) is 1. The van der Waals surface area contributed by atoms with Crippen molar-refractivity contribution in [3.8, 4) is 12.3 Å². The molecule has 0 radical (unpaired) electrons. The number of hydrogen-bond acceptors (Lipinski definition) is 5. The number of nitrogens with zero attached hydrogens (tertiary/aromatic N) is 1. The Morgan fingerprint density at radius 3 is 2.95 bits per heavy atom. The van der Waals surface area contributed by atoms with E-state index in [9.17, 15) is 9.59 Å². The van der Waals surface area contributed by atoms with Crippen LogP contribution in [0.5, 0.6) is 0 Å². The van der Waals surface area contributed by atoms with Crippen LogP contribution in [0.1, 0.15) is 43.3 Å². The summed E-state index contributed by atoms with van der Waals surface area (Å²) < 4.78 is 5.33. The SMILES string of the molecule is C#Cc1nc(C2=C(C)C(OC(=O)CCC(=O)O)CC2)cs1. The predicted molar refractivity (Wildman–Crippen MR) is 78.6 cm³/mol. The Bertz CT molecular complexity index is 638. The normalized spacial score (nSPS) is 17.6. The molecule has 6 heteroatoms. The Morgan fingerprint density at radius 2 is 2.33 bits per heavy atom. The van der Waals surface area contributed by atoms with Crippen molar-refractivity contribution in [2.75, 3.05) is 0 Å². The molecule has 1 aliphatic rings. The zero-order valence-corrected chi connectivity index (χ0v) is 12.4. The number of esters is 1. The first-order chi connectivity index (χ1) is 10.0. The molecule has 0 amide bonds. The summed E-state index contributed by atoms with van der Waals surface area (Å²) in [6.07, 6.45) is 6.18. The average molecular weight is 305 g/mol. The number of carbonyl (C=O) groups excluding carboxylic acids is 1. The molecule has 0 saturated heterocycles. The van der Waals surface area contributed by atoms with Gasteiger partial charge in [0.1, 0.15) is 6.10 Å². The van der Waals surface area contributed by atoms with E-state index in [1.165, 1.54) is 11.3 Å². The highest BCUT2D eigenvalue weighted by molar-refractivity contribution is 7.10. The van der Waals surface area contributed by atoms with Crippen LogP contribution in [0.2, 0.25) is 0 Å². The molecule has 0 aromatic carbocycles. The number of carboxylic acids is 1. The van der Waals surface area contributed by atoms with Crippen molar-refractivity contribution >= 4 is 28.8 Å². The van der Waals surface area contributed by atoms with Crippen LogP contribution in [0, 0.1) is 12.3 Å². The van der Waals surface area contributed by atoms with Gasteiger partial charge < -0.3 is 9.84 Å². The van der Waals surface area contributed by atoms with E-state index in [0.717, 1.165) is 23.3 Å². The highest BCUT2D eigenvalue weighted by Gasteiger charge is 2.27. The summed E-state index contributed by atoms with van der Waals surface area (Å²) in [6.45, 7) is 1.91. The Morgan fingerprint density at radius 1 is 1.57 bits per heavy atom. The minimum Gasteiger partial charge on any atom is -0.481 e. The van der Waals surface area contributed by atoms with Gasteiger partial charge in [-0.15, -0.1) is 17.8 Å². The molecule has 1 aromatic rings. The van der Waals surface area contributed by atoms with Crippen molar-refractivity contribution in [2.45, 2.75) is 38.7 Å². The average Bonchev–Trinajstić information content (AvgIpc) is 3.04. The Hall–Kier alpha value is -2.13. The second-order valence-corrected chi connectivity index (χ2v) is 5.61. The number of ether oxygens (including phenoxy) is 1. The fourth-order valence-electron chi connectivity index (χ4n) is 2.27. The van der Waals surface area contributed by atoms with Crippen LogP contribution in [0.25, 0.3) is 5.57 Å². The molecule has 0 aliphatic heterocycles. The van der Waals surface area contributed by atoms with Crippen LogP contribution < -0.4 is 0 Å². The van der Waals surface area contributed by atoms with Gasteiger partial charge in [-0.1, -0.05) is 0 Å². The number of aliphatic carboxylic acids is 1. The van der Waals surface area contributed by atoms with Gasteiger partial charge in [-0.3, -0.25) is 9.59 Å². The molecule has 1 unspecified atom stereocenters. The molecule has 0 bridgehead atoms. The van der Waals surface area contributed by atoms with E-state index in [4.69, 9.17) is 16.3 Å². The number of thiazole rings is 1. The lowest BCUT2D eigenvalue weighted by molar-refractivity contribution is -0.150. The lowest BCUT2D eigenvalue weighted by atomic mass is 10.1. The third-order valence-electron chi connectivity index (χ3n) is 3.37. The van der Waals surface area contributed by atoms with Crippen LogP contribution in [0.4, 0.5) is 0 Å². The largest absolute Gasteiger partial charge is 0.481 e. The summed E-state index contributed by atoms with van der Waals surface area (Å²) in [5.41, 5.74) is 2.87. The number of terminal acetylenes is 1. The van der Waals surface area contributed by atoms with Crippen molar-refractivity contribution in [3.05, 3.63) is 21.7 Å². The highest BCUT2D eigenvalue weighted by Crippen LogP contribution is 2.35. The second-order valence-electron chi connectivity index (χ2n) is 4.75. The summed E-state index contributed by atoms with van der Waals surface area (Å²) in [5, 5.41) is 11.1. The lowest BCUT2D eigenvalue weighted by Gasteiger charge is -2.13. The van der Waals surface area contributed by atoms with E-state index < -0.39 is 11.9 Å². The van der Waals surface area contributed by atoms with Crippen LogP contribution >= 0.6 is 11.3 Å². The van der Waals surface area contributed by atoms with Crippen molar-refractivity contribution in [1.29, 1.82) is 0 Å². The lowest BCUT2D eigenvalue weighted by Crippen LogP contribution is -2.17. The number of aromatic nitrogens is 1. The third-order valence-corrected chi connectivity index (χ3v) is 4.14. The molecule has 1 aliphatic carbocycles. The quantitative estimate of drug-likeness (QED) is 0.668.